The molecule has 4 rings (SSSR count). The number of carbonyl (C=O) groups is 1. The number of hydrogen-bond donors (Lipinski definition) is 1. The maximum atomic E-state index is 11.6. The van der Waals surface area contributed by atoms with E-state index in [4.69, 9.17) is 0 Å². The molecule has 0 saturated carbocycles. The van der Waals surface area contributed by atoms with E-state index in [1.165, 1.54) is 10.6 Å². The highest BCUT2D eigenvalue weighted by Gasteiger charge is 2.33. The van der Waals surface area contributed by atoms with Gasteiger partial charge in [-0.1, -0.05) is 6.07 Å². The van der Waals surface area contributed by atoms with Crippen molar-refractivity contribution in [3.63, 3.8) is 0 Å². The second-order valence-corrected chi connectivity index (χ2v) is 7.50. The van der Waals surface area contributed by atoms with Crippen LogP contribution in [0, 0.1) is 0 Å². The highest BCUT2D eigenvalue weighted by molar-refractivity contribution is 8.03. The zero-order chi connectivity index (χ0) is 17.6. The molecule has 25 heavy (non-hydrogen) atoms. The Morgan fingerprint density at radius 3 is 2.96 bits per heavy atom. The van der Waals surface area contributed by atoms with Crippen molar-refractivity contribution >= 4 is 34.3 Å². The molecule has 3 heterocycles. The first-order chi connectivity index (χ1) is 12.1. The van der Waals surface area contributed by atoms with Crippen LogP contribution in [0.2, 0.25) is 0 Å². The van der Waals surface area contributed by atoms with Gasteiger partial charge in [0.2, 0.25) is 0 Å². The van der Waals surface area contributed by atoms with Gasteiger partial charge in [0, 0.05) is 30.8 Å². The third-order valence-corrected chi connectivity index (χ3v) is 6.15. The van der Waals surface area contributed by atoms with Gasteiger partial charge in [-0.25, -0.2) is 13.9 Å². The molecule has 1 N–H and O–H groups in total. The first-order valence-corrected chi connectivity index (χ1v) is 9.64. The van der Waals surface area contributed by atoms with E-state index in [0.29, 0.717) is 5.56 Å². The van der Waals surface area contributed by atoms with E-state index >= 15 is 0 Å². The van der Waals surface area contributed by atoms with Crippen molar-refractivity contribution in [1.82, 2.24) is 9.47 Å². The van der Waals surface area contributed by atoms with Crippen molar-refractivity contribution in [2.24, 2.45) is 7.05 Å². The van der Waals surface area contributed by atoms with Crippen molar-refractivity contribution in [3.05, 3.63) is 46.8 Å². The number of hydrogen-bond acceptors (Lipinski definition) is 3. The third-order valence-electron chi connectivity index (χ3n) is 5.07. The molecule has 1 aromatic carbocycles. The monoisotopic (exact) mass is 356 g/mol. The molecule has 5 nitrogen and oxygen atoms in total. The van der Waals surface area contributed by atoms with Crippen molar-refractivity contribution in [2.75, 3.05) is 18.8 Å². The second-order valence-electron chi connectivity index (χ2n) is 6.39. The summed E-state index contributed by atoms with van der Waals surface area (Å²) >= 11 is 1.91. The first-order valence-electron chi connectivity index (χ1n) is 8.65. The molecule has 0 radical (unpaired) electrons. The number of rotatable bonds is 3. The fourth-order valence-corrected chi connectivity index (χ4v) is 4.96. The number of allylic oxidation sites excluding steroid dienone is 3. The summed E-state index contributed by atoms with van der Waals surface area (Å²) in [6.45, 7) is 5.18. The summed E-state index contributed by atoms with van der Waals surface area (Å²) in [5, 5.41) is 10.9. The van der Waals surface area contributed by atoms with E-state index in [1.807, 2.05) is 30.9 Å². The quantitative estimate of drug-likeness (QED) is 0.859. The second kappa shape index (κ2) is 6.26. The number of para-hydroxylation sites is 1. The summed E-state index contributed by atoms with van der Waals surface area (Å²) in [4.78, 5) is 14.0. The Hall–Kier alpha value is -2.21. The smallest absolute Gasteiger partial charge is 0.340 e. The van der Waals surface area contributed by atoms with Gasteiger partial charge >= 0.3 is 5.97 Å². The summed E-state index contributed by atoms with van der Waals surface area (Å²) in [6, 6.07) is 5.51. The van der Waals surface area contributed by atoms with Crippen LogP contribution in [0.5, 0.6) is 0 Å². The molecule has 0 aliphatic carbocycles. The van der Waals surface area contributed by atoms with E-state index < -0.39 is 5.97 Å². The molecule has 0 spiro atoms. The lowest BCUT2D eigenvalue weighted by Gasteiger charge is -2.15. The Morgan fingerprint density at radius 1 is 1.36 bits per heavy atom. The maximum absolute atomic E-state index is 11.6. The average Bonchev–Trinajstić information content (AvgIpc) is 3.30. The number of imidazole rings is 1. The number of aromatic nitrogens is 2. The Kier molecular flexibility index (Phi) is 4.07. The number of thioether (sulfide) groups is 1. The highest BCUT2D eigenvalue weighted by atomic mass is 32.2. The van der Waals surface area contributed by atoms with Gasteiger partial charge in [0.25, 0.3) is 5.82 Å². The van der Waals surface area contributed by atoms with Crippen LogP contribution in [0.4, 0.5) is 0 Å². The van der Waals surface area contributed by atoms with E-state index in [1.54, 1.807) is 6.07 Å². The lowest BCUT2D eigenvalue weighted by atomic mass is 10.1. The summed E-state index contributed by atoms with van der Waals surface area (Å²) in [6.07, 6.45) is 5.38. The van der Waals surface area contributed by atoms with Gasteiger partial charge in [-0.15, -0.1) is 11.8 Å². The largest absolute Gasteiger partial charge is 0.478 e. The van der Waals surface area contributed by atoms with Gasteiger partial charge in [0.15, 0.2) is 11.0 Å². The van der Waals surface area contributed by atoms with Crippen molar-refractivity contribution in [1.29, 1.82) is 0 Å². The minimum absolute atomic E-state index is 0.377. The lowest BCUT2D eigenvalue weighted by molar-refractivity contribution is -0.647. The Balaban J connectivity index is 1.82. The third kappa shape index (κ3) is 2.56. The van der Waals surface area contributed by atoms with Crippen LogP contribution in [0.15, 0.2) is 35.4 Å². The zero-order valence-electron chi connectivity index (χ0n) is 14.5. The summed E-state index contributed by atoms with van der Waals surface area (Å²) in [7, 11) is 2.02. The Morgan fingerprint density at radius 2 is 2.20 bits per heavy atom. The Bertz CT molecular complexity index is 926. The van der Waals surface area contributed by atoms with Crippen LogP contribution in [0.1, 0.15) is 29.5 Å². The molecule has 2 aromatic rings. The SMILES string of the molecule is CCN1CCSC1=CC=C1CCn2c1[n+](C)c1cccc(C(=O)O)c12. The fourth-order valence-electron chi connectivity index (χ4n) is 3.87. The van der Waals surface area contributed by atoms with E-state index in [2.05, 4.69) is 33.1 Å². The summed E-state index contributed by atoms with van der Waals surface area (Å²) in [5.41, 5.74) is 3.45. The van der Waals surface area contributed by atoms with Crippen molar-refractivity contribution < 1.29 is 14.5 Å². The molecule has 1 aromatic heterocycles. The molecular formula is C19H22N3O2S+. The molecule has 0 unspecified atom stereocenters. The number of nitrogens with zero attached hydrogens (tertiary/aromatic N) is 3. The molecule has 6 heteroatoms. The number of aromatic carboxylic acids is 1. The van der Waals surface area contributed by atoms with Crippen LogP contribution in [-0.2, 0) is 13.6 Å². The van der Waals surface area contributed by atoms with Gasteiger partial charge < -0.3 is 10.0 Å². The molecule has 130 valence electrons. The van der Waals surface area contributed by atoms with Crippen LogP contribution in [-0.4, -0.2) is 39.4 Å². The van der Waals surface area contributed by atoms with Crippen LogP contribution < -0.4 is 4.57 Å². The van der Waals surface area contributed by atoms with Crippen molar-refractivity contribution in [3.8, 4) is 0 Å². The Labute approximate surface area is 151 Å². The van der Waals surface area contributed by atoms with Crippen molar-refractivity contribution in [2.45, 2.75) is 19.9 Å². The molecular weight excluding hydrogens is 334 g/mol. The molecule has 2 aliphatic heterocycles. The molecule has 0 atom stereocenters. The van der Waals surface area contributed by atoms with Crippen LogP contribution >= 0.6 is 11.8 Å². The van der Waals surface area contributed by atoms with E-state index in [9.17, 15) is 9.90 Å². The van der Waals surface area contributed by atoms with Gasteiger partial charge in [-0.2, -0.15) is 0 Å². The number of carboxylic acids is 1. The molecule has 1 fully saturated rings. The van der Waals surface area contributed by atoms with Gasteiger partial charge in [-0.3, -0.25) is 0 Å². The summed E-state index contributed by atoms with van der Waals surface area (Å²) < 4.78 is 4.28. The van der Waals surface area contributed by atoms with E-state index in [-0.39, 0.29) is 0 Å². The predicted octanol–water partition coefficient (Wildman–Crippen LogP) is 2.86. The summed E-state index contributed by atoms with van der Waals surface area (Å²) in [5.74, 6) is 1.40. The standard InChI is InChI=1S/C19H21N3O2S/c1-3-21-11-12-25-16(21)8-7-13-9-10-22-17-14(19(23)24)5-4-6-15(17)20(2)18(13)22/h4-8H,3,9-12H2,1-2H3/p+1. The molecule has 0 amide bonds. The fraction of sp³-hybridized carbons (Fsp3) is 0.368. The zero-order valence-corrected chi connectivity index (χ0v) is 15.3. The minimum atomic E-state index is -0.869. The predicted molar refractivity (Wildman–Crippen MR) is 100 cm³/mol. The topological polar surface area (TPSA) is 49.4 Å². The number of carboxylic acid groups (broad SMARTS) is 1. The number of aryl methyl sites for hydroxylation is 2. The molecule has 2 aliphatic rings. The van der Waals surface area contributed by atoms with Gasteiger partial charge in [0.05, 0.1) is 18.6 Å². The van der Waals surface area contributed by atoms with Gasteiger partial charge in [-0.05, 0) is 31.2 Å². The molecule has 1 saturated heterocycles. The average molecular weight is 356 g/mol. The van der Waals surface area contributed by atoms with Crippen LogP contribution in [0.3, 0.4) is 0 Å². The number of benzene rings is 1. The highest BCUT2D eigenvalue weighted by Crippen LogP contribution is 2.32. The molecule has 0 bridgehead atoms. The lowest BCUT2D eigenvalue weighted by Crippen LogP contribution is -2.31. The number of fused-ring (bicyclic) bond motifs is 3. The van der Waals surface area contributed by atoms with Gasteiger partial charge in [0.1, 0.15) is 5.56 Å². The normalized spacial score (nSPS) is 20.2. The first kappa shape index (κ1) is 16.3. The minimum Gasteiger partial charge on any atom is -0.478 e. The van der Waals surface area contributed by atoms with E-state index in [0.717, 1.165) is 48.7 Å². The maximum Gasteiger partial charge on any atom is 0.340 e. The van der Waals surface area contributed by atoms with Crippen LogP contribution in [0.25, 0.3) is 16.6 Å².